The standard InChI is InChI=1S/C32H35F2N3O7/c1-4-15-43-37(32(42)25-10-6-8-12-29(25)40)14-13-20(2)30-26(33)16-22(17-27(30)34)35-18-23(44-21(3)38)19-36-31(41)24-9-5-7-11-28(24)39/h5-12,16-17,23,35,39-40H,2,4,13-15,18-19H2,1,3H3,(H,36,41)/t23-/m1/s1. The molecule has 2 amide bonds. The third-order valence-electron chi connectivity index (χ3n) is 6.33. The van der Waals surface area contributed by atoms with E-state index in [1.807, 2.05) is 6.92 Å². The zero-order valence-corrected chi connectivity index (χ0v) is 24.4. The summed E-state index contributed by atoms with van der Waals surface area (Å²) in [5, 5.41) is 26.3. The van der Waals surface area contributed by atoms with E-state index in [0.717, 1.165) is 17.2 Å². The maximum Gasteiger partial charge on any atom is 0.303 e. The molecular weight excluding hydrogens is 576 g/mol. The normalized spacial score (nSPS) is 11.4. The smallest absolute Gasteiger partial charge is 0.303 e. The van der Waals surface area contributed by atoms with Gasteiger partial charge in [0.15, 0.2) is 0 Å². The number of para-hydroxylation sites is 2. The van der Waals surface area contributed by atoms with E-state index in [0.29, 0.717) is 6.42 Å². The number of aromatic hydroxyl groups is 2. The van der Waals surface area contributed by atoms with Gasteiger partial charge in [0, 0.05) is 18.2 Å². The van der Waals surface area contributed by atoms with Gasteiger partial charge in [0.2, 0.25) is 0 Å². The van der Waals surface area contributed by atoms with E-state index in [9.17, 15) is 24.6 Å². The Morgan fingerprint density at radius 3 is 2.11 bits per heavy atom. The van der Waals surface area contributed by atoms with Crippen molar-refractivity contribution in [2.75, 3.05) is 31.6 Å². The fourth-order valence-corrected chi connectivity index (χ4v) is 4.18. The third kappa shape index (κ3) is 9.27. The van der Waals surface area contributed by atoms with Crippen molar-refractivity contribution in [3.8, 4) is 11.5 Å². The molecular formula is C32H35F2N3O7. The van der Waals surface area contributed by atoms with Crippen LogP contribution in [0.1, 0.15) is 53.0 Å². The minimum Gasteiger partial charge on any atom is -0.507 e. The number of amides is 2. The molecule has 0 saturated carbocycles. The molecule has 0 spiro atoms. The molecule has 3 aromatic carbocycles. The van der Waals surface area contributed by atoms with E-state index in [-0.39, 0.29) is 72.1 Å². The third-order valence-corrected chi connectivity index (χ3v) is 6.33. The summed E-state index contributed by atoms with van der Waals surface area (Å²) in [6, 6.07) is 14.0. The molecule has 0 heterocycles. The van der Waals surface area contributed by atoms with E-state index in [2.05, 4.69) is 17.2 Å². The van der Waals surface area contributed by atoms with Gasteiger partial charge >= 0.3 is 5.97 Å². The molecule has 44 heavy (non-hydrogen) atoms. The maximum atomic E-state index is 15.1. The first-order chi connectivity index (χ1) is 21.0. The number of benzene rings is 3. The lowest BCUT2D eigenvalue weighted by Crippen LogP contribution is -2.38. The molecule has 3 rings (SSSR count). The Morgan fingerprint density at radius 2 is 1.55 bits per heavy atom. The van der Waals surface area contributed by atoms with Gasteiger partial charge in [0.1, 0.15) is 29.2 Å². The van der Waals surface area contributed by atoms with Crippen molar-refractivity contribution in [1.29, 1.82) is 0 Å². The average Bonchev–Trinajstić information content (AvgIpc) is 2.98. The first-order valence-corrected chi connectivity index (χ1v) is 13.9. The number of carbonyl (C=O) groups excluding carboxylic acids is 3. The Labute approximate surface area is 253 Å². The Balaban J connectivity index is 1.65. The highest BCUT2D eigenvalue weighted by Gasteiger charge is 2.22. The van der Waals surface area contributed by atoms with E-state index in [4.69, 9.17) is 9.57 Å². The molecule has 0 aliphatic carbocycles. The Kier molecular flexibility index (Phi) is 12.2. The molecule has 0 aliphatic heterocycles. The summed E-state index contributed by atoms with van der Waals surface area (Å²) >= 11 is 0. The number of phenolic OH excluding ortho intramolecular Hbond substituents is 2. The van der Waals surface area contributed by atoms with Gasteiger partial charge in [-0.1, -0.05) is 37.8 Å². The molecule has 234 valence electrons. The molecule has 0 aromatic heterocycles. The van der Waals surface area contributed by atoms with E-state index in [1.165, 1.54) is 31.2 Å². The van der Waals surface area contributed by atoms with Crippen molar-refractivity contribution >= 4 is 29.0 Å². The molecule has 3 aromatic rings. The van der Waals surface area contributed by atoms with Gasteiger partial charge in [-0.05, 0) is 54.8 Å². The Bertz CT molecular complexity index is 1480. The Hall–Kier alpha value is -4.97. The van der Waals surface area contributed by atoms with Gasteiger partial charge in [-0.25, -0.2) is 13.8 Å². The molecule has 0 saturated heterocycles. The molecule has 0 unspecified atom stereocenters. The highest BCUT2D eigenvalue weighted by Crippen LogP contribution is 2.27. The number of nitrogens with one attached hydrogen (secondary N) is 2. The van der Waals surface area contributed by atoms with Crippen LogP contribution in [0.25, 0.3) is 5.57 Å². The number of hydroxylamine groups is 2. The van der Waals surface area contributed by atoms with Crippen molar-refractivity contribution < 1.29 is 43.0 Å². The Morgan fingerprint density at radius 1 is 0.955 bits per heavy atom. The van der Waals surface area contributed by atoms with Gasteiger partial charge < -0.3 is 25.6 Å². The van der Waals surface area contributed by atoms with Gasteiger partial charge in [-0.3, -0.25) is 19.2 Å². The van der Waals surface area contributed by atoms with Crippen LogP contribution in [0.5, 0.6) is 11.5 Å². The zero-order valence-electron chi connectivity index (χ0n) is 24.4. The minimum absolute atomic E-state index is 0.0202. The van der Waals surface area contributed by atoms with Crippen LogP contribution in [-0.2, 0) is 14.4 Å². The highest BCUT2D eigenvalue weighted by atomic mass is 19.1. The van der Waals surface area contributed by atoms with Crippen molar-refractivity contribution in [2.24, 2.45) is 0 Å². The highest BCUT2D eigenvalue weighted by molar-refractivity contribution is 5.97. The largest absolute Gasteiger partial charge is 0.507 e. The number of halogens is 2. The minimum atomic E-state index is -0.914. The van der Waals surface area contributed by atoms with Crippen molar-refractivity contribution in [2.45, 2.75) is 32.8 Å². The number of hydrogen-bond donors (Lipinski definition) is 4. The first kappa shape index (κ1) is 33.5. The number of hydrogen-bond acceptors (Lipinski definition) is 8. The lowest BCUT2D eigenvalue weighted by molar-refractivity contribution is -0.145. The number of carbonyl (C=O) groups is 3. The fraction of sp³-hybridized carbons (Fsp3) is 0.281. The van der Waals surface area contributed by atoms with E-state index in [1.54, 1.807) is 24.3 Å². The quantitative estimate of drug-likeness (QED) is 0.139. The monoisotopic (exact) mass is 611 g/mol. The topological polar surface area (TPSA) is 137 Å². The van der Waals surface area contributed by atoms with Gasteiger partial charge in [0.05, 0.1) is 37.4 Å². The number of ether oxygens (including phenoxy) is 1. The summed E-state index contributed by atoms with van der Waals surface area (Å²) in [6.45, 7) is 6.72. The molecule has 0 fully saturated rings. The van der Waals surface area contributed by atoms with E-state index >= 15 is 8.78 Å². The lowest BCUT2D eigenvalue weighted by Gasteiger charge is -2.23. The van der Waals surface area contributed by atoms with E-state index < -0.39 is 35.5 Å². The fourth-order valence-electron chi connectivity index (χ4n) is 4.18. The predicted molar refractivity (Wildman–Crippen MR) is 160 cm³/mol. The summed E-state index contributed by atoms with van der Waals surface area (Å²) < 4.78 is 35.5. The zero-order chi connectivity index (χ0) is 32.2. The van der Waals surface area contributed by atoms with Gasteiger partial charge in [-0.2, -0.15) is 0 Å². The first-order valence-electron chi connectivity index (χ1n) is 13.9. The van der Waals surface area contributed by atoms with Gasteiger partial charge in [0.25, 0.3) is 11.8 Å². The molecule has 0 aliphatic rings. The second-order valence-corrected chi connectivity index (χ2v) is 9.77. The van der Waals surface area contributed by atoms with Crippen molar-refractivity contribution in [3.63, 3.8) is 0 Å². The van der Waals surface area contributed by atoms with Crippen LogP contribution in [0.15, 0.2) is 67.2 Å². The second kappa shape index (κ2) is 16.0. The summed E-state index contributed by atoms with van der Waals surface area (Å²) in [7, 11) is 0. The molecule has 0 bridgehead atoms. The number of nitrogens with zero attached hydrogens (tertiary/aromatic N) is 1. The summed E-state index contributed by atoms with van der Waals surface area (Å²) in [5.74, 6) is -4.11. The second-order valence-electron chi connectivity index (χ2n) is 9.77. The lowest BCUT2D eigenvalue weighted by atomic mass is 10.0. The predicted octanol–water partition coefficient (Wildman–Crippen LogP) is 5.04. The number of anilines is 1. The average molecular weight is 612 g/mol. The van der Waals surface area contributed by atoms with Crippen LogP contribution in [0.3, 0.4) is 0 Å². The van der Waals surface area contributed by atoms with Crippen LogP contribution >= 0.6 is 0 Å². The molecule has 0 radical (unpaired) electrons. The van der Waals surface area contributed by atoms with Gasteiger partial charge in [-0.15, -0.1) is 0 Å². The van der Waals surface area contributed by atoms with Crippen LogP contribution < -0.4 is 10.6 Å². The summed E-state index contributed by atoms with van der Waals surface area (Å²) in [6.07, 6.45) is -0.335. The summed E-state index contributed by atoms with van der Waals surface area (Å²) in [5.41, 5.74) is -0.196. The number of esters is 1. The maximum absolute atomic E-state index is 15.1. The molecule has 10 nitrogen and oxygen atoms in total. The summed E-state index contributed by atoms with van der Waals surface area (Å²) in [4.78, 5) is 42.5. The molecule has 4 N–H and O–H groups in total. The van der Waals surface area contributed by atoms with Crippen LogP contribution in [0.2, 0.25) is 0 Å². The van der Waals surface area contributed by atoms with Crippen LogP contribution in [-0.4, -0.2) is 65.4 Å². The van der Waals surface area contributed by atoms with Crippen LogP contribution in [0, 0.1) is 11.6 Å². The number of phenols is 2. The van der Waals surface area contributed by atoms with Crippen molar-refractivity contribution in [3.05, 3.63) is 95.6 Å². The van der Waals surface area contributed by atoms with Crippen molar-refractivity contribution in [1.82, 2.24) is 10.4 Å². The number of rotatable bonds is 15. The SMILES string of the molecule is C=C(CCN(OCCC)C(=O)c1ccccc1O)c1c(F)cc(NC[C@H](CNC(=O)c2ccccc2O)OC(C)=O)cc1F. The van der Waals surface area contributed by atoms with Crippen LogP contribution in [0.4, 0.5) is 14.5 Å². The molecule has 12 heteroatoms. The molecule has 1 atom stereocenters.